The highest BCUT2D eigenvalue weighted by atomic mass is 35.5. The molecule has 1 aromatic carbocycles. The molecule has 1 saturated heterocycles. The Morgan fingerprint density at radius 1 is 1.24 bits per heavy atom. The SMILES string of the molecule is C[C@@H]1C(=O)NCCN1C(=O)N[C@@H](c1ccc(Cl)cc1)c1ccc(C(F)(F)F)nc1. The molecular formula is C19H18ClF3N4O2. The van der Waals surface area contributed by atoms with Crippen LogP contribution in [-0.4, -0.2) is 41.0 Å². The summed E-state index contributed by atoms with van der Waals surface area (Å²) in [4.78, 5) is 29.5. The van der Waals surface area contributed by atoms with Crippen molar-refractivity contribution in [3.05, 3.63) is 64.4 Å². The Bertz CT molecular complexity index is 888. The fourth-order valence-corrected chi connectivity index (χ4v) is 3.15. The van der Waals surface area contributed by atoms with Crippen molar-refractivity contribution in [2.24, 2.45) is 0 Å². The Balaban J connectivity index is 1.90. The summed E-state index contributed by atoms with van der Waals surface area (Å²) in [6.07, 6.45) is -3.48. The van der Waals surface area contributed by atoms with Gasteiger partial charge in [0.25, 0.3) is 0 Å². The van der Waals surface area contributed by atoms with Crippen molar-refractivity contribution in [2.75, 3.05) is 13.1 Å². The van der Waals surface area contributed by atoms with Crippen LogP contribution in [0.25, 0.3) is 0 Å². The zero-order chi connectivity index (χ0) is 21.2. The first-order valence-corrected chi connectivity index (χ1v) is 9.18. The first-order valence-electron chi connectivity index (χ1n) is 8.80. The van der Waals surface area contributed by atoms with Crippen molar-refractivity contribution < 1.29 is 22.8 Å². The monoisotopic (exact) mass is 426 g/mol. The standard InChI is InChI=1S/C19H18ClF3N4O2/c1-11-17(28)24-8-9-27(11)18(29)26-16(12-2-5-14(20)6-3-12)13-4-7-15(25-10-13)19(21,22)23/h2-7,10-11,16H,8-9H2,1H3,(H,24,28)(H,26,29)/t11-,16+/m1/s1. The predicted molar refractivity (Wildman–Crippen MR) is 100 cm³/mol. The number of amides is 3. The Kier molecular flexibility index (Phi) is 5.97. The second kappa shape index (κ2) is 8.28. The summed E-state index contributed by atoms with van der Waals surface area (Å²) < 4.78 is 38.5. The van der Waals surface area contributed by atoms with Crippen molar-refractivity contribution in [1.29, 1.82) is 0 Å². The van der Waals surface area contributed by atoms with Crippen molar-refractivity contribution in [3.63, 3.8) is 0 Å². The van der Waals surface area contributed by atoms with Gasteiger partial charge in [-0.15, -0.1) is 0 Å². The summed E-state index contributed by atoms with van der Waals surface area (Å²) in [6.45, 7) is 2.24. The van der Waals surface area contributed by atoms with Gasteiger partial charge in [0.2, 0.25) is 5.91 Å². The second-order valence-electron chi connectivity index (χ2n) is 6.57. The third-order valence-corrected chi connectivity index (χ3v) is 4.89. The van der Waals surface area contributed by atoms with Crippen LogP contribution < -0.4 is 10.6 Å². The number of aromatic nitrogens is 1. The van der Waals surface area contributed by atoms with E-state index < -0.39 is 30.0 Å². The molecule has 1 fully saturated rings. The molecule has 2 N–H and O–H groups in total. The first-order chi connectivity index (χ1) is 13.7. The van der Waals surface area contributed by atoms with Gasteiger partial charge in [-0.2, -0.15) is 13.2 Å². The molecule has 10 heteroatoms. The first kappa shape index (κ1) is 20.9. The third-order valence-electron chi connectivity index (χ3n) is 4.64. The largest absolute Gasteiger partial charge is 0.433 e. The normalized spacial score (nSPS) is 18.2. The van der Waals surface area contributed by atoms with Crippen molar-refractivity contribution in [1.82, 2.24) is 20.5 Å². The van der Waals surface area contributed by atoms with Crippen LogP contribution in [0.1, 0.15) is 29.8 Å². The lowest BCUT2D eigenvalue weighted by Crippen LogP contribution is -2.58. The highest BCUT2D eigenvalue weighted by molar-refractivity contribution is 6.30. The minimum atomic E-state index is -4.56. The van der Waals surface area contributed by atoms with E-state index in [-0.39, 0.29) is 5.91 Å². The Morgan fingerprint density at radius 3 is 2.48 bits per heavy atom. The quantitative estimate of drug-likeness (QED) is 0.790. The zero-order valence-corrected chi connectivity index (χ0v) is 16.1. The van der Waals surface area contributed by atoms with E-state index in [0.29, 0.717) is 29.2 Å². The van der Waals surface area contributed by atoms with E-state index in [1.165, 1.54) is 11.0 Å². The van der Waals surface area contributed by atoms with E-state index in [4.69, 9.17) is 11.6 Å². The number of carbonyl (C=O) groups excluding carboxylic acids is 2. The molecule has 29 heavy (non-hydrogen) atoms. The van der Waals surface area contributed by atoms with E-state index in [9.17, 15) is 22.8 Å². The number of nitrogens with one attached hydrogen (secondary N) is 2. The molecule has 0 saturated carbocycles. The summed E-state index contributed by atoms with van der Waals surface area (Å²) in [7, 11) is 0. The number of halogens is 4. The topological polar surface area (TPSA) is 74.3 Å². The average molecular weight is 427 g/mol. The molecule has 2 aromatic rings. The van der Waals surface area contributed by atoms with Gasteiger partial charge in [0.05, 0.1) is 6.04 Å². The molecule has 0 spiro atoms. The molecule has 3 amide bonds. The Hall–Kier alpha value is -2.81. The highest BCUT2D eigenvalue weighted by Crippen LogP contribution is 2.29. The number of piperazine rings is 1. The second-order valence-corrected chi connectivity index (χ2v) is 7.01. The molecule has 2 heterocycles. The maximum absolute atomic E-state index is 12.8. The minimum Gasteiger partial charge on any atom is -0.353 e. The van der Waals surface area contributed by atoms with Gasteiger partial charge in [-0.25, -0.2) is 4.79 Å². The van der Waals surface area contributed by atoms with Crippen LogP contribution in [0.2, 0.25) is 5.02 Å². The number of nitrogens with zero attached hydrogens (tertiary/aromatic N) is 2. The minimum absolute atomic E-state index is 0.273. The number of rotatable bonds is 3. The van der Waals surface area contributed by atoms with Crippen molar-refractivity contribution >= 4 is 23.5 Å². The van der Waals surface area contributed by atoms with Crippen molar-refractivity contribution in [2.45, 2.75) is 25.2 Å². The summed E-state index contributed by atoms with van der Waals surface area (Å²) in [5, 5.41) is 5.94. The van der Waals surface area contributed by atoms with Gasteiger partial charge < -0.3 is 15.5 Å². The maximum atomic E-state index is 12.8. The molecule has 0 aliphatic carbocycles. The lowest BCUT2D eigenvalue weighted by Gasteiger charge is -2.34. The summed E-state index contributed by atoms with van der Waals surface area (Å²) >= 11 is 5.92. The van der Waals surface area contributed by atoms with Gasteiger partial charge >= 0.3 is 12.2 Å². The van der Waals surface area contributed by atoms with Gasteiger partial charge in [0.1, 0.15) is 11.7 Å². The van der Waals surface area contributed by atoms with Crippen LogP contribution in [0, 0.1) is 0 Å². The maximum Gasteiger partial charge on any atom is 0.433 e. The molecule has 6 nitrogen and oxygen atoms in total. The van der Waals surface area contributed by atoms with E-state index in [1.807, 2.05) is 0 Å². The van der Waals surface area contributed by atoms with E-state index in [1.54, 1.807) is 31.2 Å². The Labute approximate surface area is 170 Å². The molecule has 1 aliphatic heterocycles. The molecule has 0 unspecified atom stereocenters. The van der Waals surface area contributed by atoms with E-state index in [0.717, 1.165) is 12.3 Å². The number of benzene rings is 1. The van der Waals surface area contributed by atoms with E-state index in [2.05, 4.69) is 15.6 Å². The van der Waals surface area contributed by atoms with Crippen LogP contribution in [0.5, 0.6) is 0 Å². The number of pyridine rings is 1. The molecular weight excluding hydrogens is 409 g/mol. The third kappa shape index (κ3) is 4.79. The van der Waals surface area contributed by atoms with Crippen molar-refractivity contribution in [3.8, 4) is 0 Å². The van der Waals surface area contributed by atoms with Crippen LogP contribution in [-0.2, 0) is 11.0 Å². The highest BCUT2D eigenvalue weighted by Gasteiger charge is 2.33. The van der Waals surface area contributed by atoms with Gasteiger partial charge in [0.15, 0.2) is 0 Å². The average Bonchev–Trinajstić information content (AvgIpc) is 2.68. The summed E-state index contributed by atoms with van der Waals surface area (Å²) in [5.41, 5.74) is -0.0510. The molecule has 1 aliphatic rings. The van der Waals surface area contributed by atoms with Gasteiger partial charge in [-0.1, -0.05) is 29.8 Å². The zero-order valence-electron chi connectivity index (χ0n) is 15.3. The van der Waals surface area contributed by atoms with Crippen LogP contribution in [0.15, 0.2) is 42.6 Å². The fourth-order valence-electron chi connectivity index (χ4n) is 3.02. The predicted octanol–water partition coefficient (Wildman–Crippen LogP) is 3.37. The lowest BCUT2D eigenvalue weighted by atomic mass is 10.00. The summed E-state index contributed by atoms with van der Waals surface area (Å²) in [5.74, 6) is -0.273. The number of hydrogen-bond donors (Lipinski definition) is 2. The number of hydrogen-bond acceptors (Lipinski definition) is 3. The Morgan fingerprint density at radius 2 is 1.90 bits per heavy atom. The molecule has 0 bridgehead atoms. The number of carbonyl (C=O) groups is 2. The molecule has 3 rings (SSSR count). The molecule has 154 valence electrons. The summed E-state index contributed by atoms with van der Waals surface area (Å²) in [6, 6.07) is 6.74. The van der Waals surface area contributed by atoms with E-state index >= 15 is 0 Å². The number of urea groups is 1. The smallest absolute Gasteiger partial charge is 0.353 e. The fraction of sp³-hybridized carbons (Fsp3) is 0.316. The molecule has 1 aromatic heterocycles. The van der Waals surface area contributed by atoms with Crippen LogP contribution in [0.3, 0.4) is 0 Å². The number of alkyl halides is 3. The van der Waals surface area contributed by atoms with Crippen LogP contribution in [0.4, 0.5) is 18.0 Å². The van der Waals surface area contributed by atoms with Gasteiger partial charge in [-0.3, -0.25) is 9.78 Å². The molecule has 0 radical (unpaired) electrons. The molecule has 2 atom stereocenters. The van der Waals surface area contributed by atoms with Gasteiger partial charge in [-0.05, 0) is 36.2 Å². The van der Waals surface area contributed by atoms with Gasteiger partial charge in [0, 0.05) is 24.3 Å². The lowest BCUT2D eigenvalue weighted by molar-refractivity contribution is -0.141. The van der Waals surface area contributed by atoms with Crippen LogP contribution >= 0.6 is 11.6 Å².